The molecule has 0 aromatic rings. The molecule has 204 valence electrons. The fourth-order valence-electron chi connectivity index (χ4n) is 5.36. The SMILES string of the molecule is COC1=C(N/C(N)=C/C2=C(N)NCCN2CC2=CC(Cl)CC=C2Cl)CCC(N2CCC(N(C)C)CC2)=C1. The van der Waals surface area contributed by atoms with E-state index in [1.807, 2.05) is 18.2 Å². The van der Waals surface area contributed by atoms with Gasteiger partial charge in [0.15, 0.2) is 0 Å². The van der Waals surface area contributed by atoms with Crippen LogP contribution in [0, 0.1) is 0 Å². The summed E-state index contributed by atoms with van der Waals surface area (Å²) in [7, 11) is 6.05. The maximum Gasteiger partial charge on any atom is 0.139 e. The maximum atomic E-state index is 6.49. The molecular formula is C27H41Cl2N7O. The third-order valence-corrected chi connectivity index (χ3v) is 8.22. The molecule has 0 aromatic carbocycles. The molecule has 0 bridgehead atoms. The summed E-state index contributed by atoms with van der Waals surface area (Å²) in [4.78, 5) is 7.01. The predicted octanol–water partition coefficient (Wildman–Crippen LogP) is 3.03. The van der Waals surface area contributed by atoms with Gasteiger partial charge < -0.3 is 41.5 Å². The van der Waals surface area contributed by atoms with Gasteiger partial charge in [-0.2, -0.15) is 0 Å². The summed E-state index contributed by atoms with van der Waals surface area (Å²) in [5.41, 5.74) is 17.0. The van der Waals surface area contributed by atoms with Crippen molar-refractivity contribution in [2.75, 3.05) is 53.9 Å². The van der Waals surface area contributed by atoms with Crippen LogP contribution in [0.3, 0.4) is 0 Å². The van der Waals surface area contributed by atoms with Gasteiger partial charge in [0, 0.05) is 61.6 Å². The highest BCUT2D eigenvalue weighted by atomic mass is 35.5. The Morgan fingerprint density at radius 2 is 2.03 bits per heavy atom. The molecule has 37 heavy (non-hydrogen) atoms. The van der Waals surface area contributed by atoms with Crippen LogP contribution in [0.1, 0.15) is 32.1 Å². The zero-order valence-electron chi connectivity index (χ0n) is 22.2. The molecule has 0 spiro atoms. The number of allylic oxidation sites excluding steroid dienone is 6. The van der Waals surface area contributed by atoms with Crippen molar-refractivity contribution in [2.45, 2.75) is 43.5 Å². The standard InChI is InChI=1S/C27H41Cl2N7O/c1-34(2)20-8-11-35(12-9-20)21-5-7-23(25(15-21)37-3)33-26(30)16-24-27(31)32-10-13-36(24)17-18-14-19(28)4-6-22(18)29/h6,14-16,19-20,32-33H,4-5,7-13,17,30-31H2,1-3H3/b26-16+. The molecule has 0 saturated carbocycles. The maximum absolute atomic E-state index is 6.49. The van der Waals surface area contributed by atoms with Gasteiger partial charge in [0.2, 0.25) is 0 Å². The summed E-state index contributed by atoms with van der Waals surface area (Å²) in [6, 6.07) is 0.661. The number of methoxy groups -OCH3 is 1. The van der Waals surface area contributed by atoms with Gasteiger partial charge in [-0.15, -0.1) is 11.6 Å². The quantitative estimate of drug-likeness (QED) is 0.343. The monoisotopic (exact) mass is 549 g/mol. The van der Waals surface area contributed by atoms with Crippen molar-refractivity contribution in [3.63, 3.8) is 0 Å². The fraction of sp³-hybridized carbons (Fsp3) is 0.556. The predicted molar refractivity (Wildman–Crippen MR) is 152 cm³/mol. The molecule has 2 aliphatic heterocycles. The molecule has 1 unspecified atom stereocenters. The molecule has 0 amide bonds. The lowest BCUT2D eigenvalue weighted by Gasteiger charge is -2.38. The molecule has 1 saturated heterocycles. The minimum Gasteiger partial charge on any atom is -0.495 e. The highest BCUT2D eigenvalue weighted by molar-refractivity contribution is 6.32. The summed E-state index contributed by atoms with van der Waals surface area (Å²) in [6.45, 7) is 4.28. The molecule has 6 N–H and O–H groups in total. The zero-order valence-corrected chi connectivity index (χ0v) is 23.7. The highest BCUT2D eigenvalue weighted by Crippen LogP contribution is 2.30. The van der Waals surface area contributed by atoms with E-state index in [4.69, 9.17) is 39.4 Å². The van der Waals surface area contributed by atoms with Gasteiger partial charge in [0.1, 0.15) is 17.4 Å². The van der Waals surface area contributed by atoms with Gasteiger partial charge >= 0.3 is 0 Å². The molecule has 0 radical (unpaired) electrons. The first-order valence-electron chi connectivity index (χ1n) is 13.1. The molecule has 8 nitrogen and oxygen atoms in total. The normalized spacial score (nSPS) is 24.1. The van der Waals surface area contributed by atoms with Crippen LogP contribution >= 0.6 is 23.2 Å². The van der Waals surface area contributed by atoms with Crippen LogP contribution < -0.4 is 22.1 Å². The zero-order chi connectivity index (χ0) is 26.5. The van der Waals surface area contributed by atoms with E-state index in [9.17, 15) is 0 Å². The van der Waals surface area contributed by atoms with Crippen LogP contribution in [-0.2, 0) is 4.74 Å². The van der Waals surface area contributed by atoms with Crippen molar-refractivity contribution in [1.82, 2.24) is 25.3 Å². The van der Waals surface area contributed by atoms with Crippen LogP contribution in [0.2, 0.25) is 0 Å². The second kappa shape index (κ2) is 12.4. The number of hydrogen-bond acceptors (Lipinski definition) is 8. The Balaban J connectivity index is 1.46. The van der Waals surface area contributed by atoms with Gasteiger partial charge in [-0.05, 0) is 51.8 Å². The van der Waals surface area contributed by atoms with Crippen LogP contribution in [-0.4, -0.2) is 80.0 Å². The first kappa shape index (κ1) is 27.6. The molecule has 4 rings (SSSR count). The lowest BCUT2D eigenvalue weighted by molar-refractivity contribution is 0.165. The van der Waals surface area contributed by atoms with Crippen molar-refractivity contribution >= 4 is 23.2 Å². The van der Waals surface area contributed by atoms with Gasteiger partial charge in [-0.25, -0.2) is 0 Å². The Hall–Kier alpha value is -2.42. The van der Waals surface area contributed by atoms with Crippen LogP contribution in [0.15, 0.2) is 69.4 Å². The van der Waals surface area contributed by atoms with Gasteiger partial charge in [0.05, 0.1) is 23.9 Å². The van der Waals surface area contributed by atoms with Crippen molar-refractivity contribution < 1.29 is 4.74 Å². The number of alkyl halides is 1. The van der Waals surface area contributed by atoms with E-state index in [-0.39, 0.29) is 5.38 Å². The lowest BCUT2D eigenvalue weighted by atomic mass is 9.99. The van der Waals surface area contributed by atoms with Crippen molar-refractivity contribution in [3.8, 4) is 0 Å². The van der Waals surface area contributed by atoms with Crippen LogP contribution in [0.4, 0.5) is 0 Å². The Morgan fingerprint density at radius 1 is 1.27 bits per heavy atom. The van der Waals surface area contributed by atoms with E-state index in [2.05, 4.69) is 45.5 Å². The van der Waals surface area contributed by atoms with Crippen molar-refractivity contribution in [2.24, 2.45) is 11.5 Å². The number of hydrogen-bond donors (Lipinski definition) is 4. The van der Waals surface area contributed by atoms with E-state index < -0.39 is 0 Å². The molecule has 4 aliphatic rings. The lowest BCUT2D eigenvalue weighted by Crippen LogP contribution is -2.43. The largest absolute Gasteiger partial charge is 0.495 e. The number of nitrogens with zero attached hydrogens (tertiary/aromatic N) is 3. The van der Waals surface area contributed by atoms with Gasteiger partial charge in [-0.3, -0.25) is 0 Å². The molecule has 0 aromatic heterocycles. The minimum absolute atomic E-state index is 0.0459. The number of rotatable bonds is 8. The van der Waals surface area contributed by atoms with Crippen LogP contribution in [0.25, 0.3) is 0 Å². The highest BCUT2D eigenvalue weighted by Gasteiger charge is 2.25. The third-order valence-electron chi connectivity index (χ3n) is 7.52. The molecule has 1 atom stereocenters. The van der Waals surface area contributed by atoms with Crippen molar-refractivity contribution in [1.29, 1.82) is 0 Å². The van der Waals surface area contributed by atoms with E-state index >= 15 is 0 Å². The summed E-state index contributed by atoms with van der Waals surface area (Å²) >= 11 is 12.8. The van der Waals surface area contributed by atoms with Crippen LogP contribution in [0.5, 0.6) is 0 Å². The number of likely N-dealkylation sites (tertiary alicyclic amines) is 1. The third kappa shape index (κ3) is 6.92. The summed E-state index contributed by atoms with van der Waals surface area (Å²) in [5.74, 6) is 1.92. The van der Waals surface area contributed by atoms with E-state index in [0.29, 0.717) is 24.2 Å². The van der Waals surface area contributed by atoms with E-state index in [1.165, 1.54) is 18.5 Å². The molecule has 2 heterocycles. The number of halogens is 2. The second-order valence-electron chi connectivity index (χ2n) is 10.2. The Labute approximate surface area is 231 Å². The average Bonchev–Trinajstić information content (AvgIpc) is 2.88. The van der Waals surface area contributed by atoms with Crippen molar-refractivity contribution in [3.05, 3.63) is 69.4 Å². The van der Waals surface area contributed by atoms with E-state index in [0.717, 1.165) is 73.2 Å². The fourth-order valence-corrected chi connectivity index (χ4v) is 5.81. The molecule has 10 heteroatoms. The second-order valence-corrected chi connectivity index (χ2v) is 11.2. The summed E-state index contributed by atoms with van der Waals surface area (Å²) in [5, 5.41) is 7.32. The molecule has 2 aliphatic carbocycles. The number of nitrogens with two attached hydrogens (primary N) is 2. The Bertz CT molecular complexity index is 1040. The first-order chi connectivity index (χ1) is 17.7. The van der Waals surface area contributed by atoms with Gasteiger partial charge in [-0.1, -0.05) is 23.8 Å². The number of nitrogens with one attached hydrogen (secondary N) is 2. The van der Waals surface area contributed by atoms with E-state index in [1.54, 1.807) is 7.11 Å². The van der Waals surface area contributed by atoms with Gasteiger partial charge in [0.25, 0.3) is 0 Å². The molecule has 1 fully saturated rings. The smallest absolute Gasteiger partial charge is 0.139 e. The minimum atomic E-state index is -0.0459. The number of ether oxygens (including phenoxy) is 1. The summed E-state index contributed by atoms with van der Waals surface area (Å²) in [6.07, 6.45) is 12.9. The molecular weight excluding hydrogens is 509 g/mol. The Morgan fingerprint density at radius 3 is 2.73 bits per heavy atom. The topological polar surface area (TPSA) is 95.0 Å². The summed E-state index contributed by atoms with van der Waals surface area (Å²) < 4.78 is 5.76. The first-order valence-corrected chi connectivity index (χ1v) is 13.9. The number of piperidine rings is 1. The Kier molecular flexibility index (Phi) is 9.27. The average molecular weight is 551 g/mol.